The van der Waals surface area contributed by atoms with Gasteiger partial charge in [0.15, 0.2) is 0 Å². The minimum atomic E-state index is -3.50. The van der Waals surface area contributed by atoms with E-state index in [1.165, 1.54) is 12.3 Å². The van der Waals surface area contributed by atoms with Gasteiger partial charge in [0.1, 0.15) is 4.90 Å². The molecule has 0 amide bonds. The first kappa shape index (κ1) is 16.8. The molecule has 0 bridgehead atoms. The van der Waals surface area contributed by atoms with E-state index < -0.39 is 10.0 Å². The van der Waals surface area contributed by atoms with Crippen molar-refractivity contribution in [3.63, 3.8) is 0 Å². The SMILES string of the molecule is O=S(=O)(NCCCOC1CCNCC1)c1cncc(Br)c1. The molecule has 0 saturated carbocycles. The number of rotatable bonds is 7. The van der Waals surface area contributed by atoms with E-state index in [2.05, 4.69) is 31.0 Å². The minimum absolute atomic E-state index is 0.163. The topological polar surface area (TPSA) is 80.3 Å². The van der Waals surface area contributed by atoms with Gasteiger partial charge in [-0.3, -0.25) is 4.98 Å². The van der Waals surface area contributed by atoms with Crippen LogP contribution in [-0.2, 0) is 14.8 Å². The summed E-state index contributed by atoms with van der Waals surface area (Å²) in [5, 5.41) is 3.28. The average Bonchev–Trinajstić information content (AvgIpc) is 2.48. The summed E-state index contributed by atoms with van der Waals surface area (Å²) >= 11 is 3.21. The number of hydrogen-bond donors (Lipinski definition) is 2. The summed E-state index contributed by atoms with van der Waals surface area (Å²) in [6.07, 6.45) is 5.89. The average molecular weight is 378 g/mol. The largest absolute Gasteiger partial charge is 0.378 e. The van der Waals surface area contributed by atoms with Crippen LogP contribution in [0.15, 0.2) is 27.8 Å². The Balaban J connectivity index is 1.70. The van der Waals surface area contributed by atoms with Crippen LogP contribution < -0.4 is 10.0 Å². The van der Waals surface area contributed by atoms with Crippen LogP contribution in [0, 0.1) is 0 Å². The molecule has 118 valence electrons. The van der Waals surface area contributed by atoms with Crippen molar-refractivity contribution in [1.82, 2.24) is 15.0 Å². The number of sulfonamides is 1. The van der Waals surface area contributed by atoms with Gasteiger partial charge >= 0.3 is 0 Å². The molecule has 2 rings (SSSR count). The molecule has 1 aliphatic heterocycles. The summed E-state index contributed by atoms with van der Waals surface area (Å²) < 4.78 is 33.0. The van der Waals surface area contributed by atoms with Crippen molar-refractivity contribution >= 4 is 26.0 Å². The van der Waals surface area contributed by atoms with Crippen molar-refractivity contribution in [2.45, 2.75) is 30.3 Å². The summed E-state index contributed by atoms with van der Waals surface area (Å²) in [6.45, 7) is 2.92. The van der Waals surface area contributed by atoms with Gasteiger partial charge < -0.3 is 10.1 Å². The zero-order chi connectivity index (χ0) is 15.1. The van der Waals surface area contributed by atoms with Crippen molar-refractivity contribution in [2.75, 3.05) is 26.2 Å². The smallest absolute Gasteiger partial charge is 0.242 e. The summed E-state index contributed by atoms with van der Waals surface area (Å²) in [5.41, 5.74) is 0. The minimum Gasteiger partial charge on any atom is -0.378 e. The lowest BCUT2D eigenvalue weighted by atomic mass is 10.1. The van der Waals surface area contributed by atoms with Gasteiger partial charge in [0.25, 0.3) is 0 Å². The molecule has 0 atom stereocenters. The number of pyridine rings is 1. The highest BCUT2D eigenvalue weighted by Gasteiger charge is 2.15. The second kappa shape index (κ2) is 8.19. The maximum Gasteiger partial charge on any atom is 0.242 e. The van der Waals surface area contributed by atoms with Gasteiger partial charge in [-0.2, -0.15) is 0 Å². The zero-order valence-electron chi connectivity index (χ0n) is 11.7. The summed E-state index contributed by atoms with van der Waals surface area (Å²) in [6, 6.07) is 1.53. The fourth-order valence-electron chi connectivity index (χ4n) is 2.11. The maximum absolute atomic E-state index is 12.0. The van der Waals surface area contributed by atoms with E-state index in [1.54, 1.807) is 6.20 Å². The zero-order valence-corrected chi connectivity index (χ0v) is 14.1. The van der Waals surface area contributed by atoms with Crippen molar-refractivity contribution in [3.8, 4) is 0 Å². The number of halogens is 1. The second-order valence-corrected chi connectivity index (χ2v) is 7.59. The van der Waals surface area contributed by atoms with E-state index in [0.717, 1.165) is 25.9 Å². The van der Waals surface area contributed by atoms with E-state index >= 15 is 0 Å². The van der Waals surface area contributed by atoms with Crippen LogP contribution in [0.4, 0.5) is 0 Å². The molecule has 0 aromatic carbocycles. The van der Waals surface area contributed by atoms with Crippen LogP contribution in [0.2, 0.25) is 0 Å². The molecule has 2 N–H and O–H groups in total. The Bertz CT molecular complexity index is 547. The van der Waals surface area contributed by atoms with E-state index in [9.17, 15) is 8.42 Å². The highest BCUT2D eigenvalue weighted by Crippen LogP contribution is 2.14. The first-order valence-corrected chi connectivity index (χ1v) is 9.28. The van der Waals surface area contributed by atoms with Crippen LogP contribution >= 0.6 is 15.9 Å². The molecule has 21 heavy (non-hydrogen) atoms. The lowest BCUT2D eigenvalue weighted by Crippen LogP contribution is -2.33. The normalized spacial score (nSPS) is 17.0. The maximum atomic E-state index is 12.0. The Labute approximate surface area is 133 Å². The van der Waals surface area contributed by atoms with Crippen molar-refractivity contribution in [1.29, 1.82) is 0 Å². The summed E-state index contributed by atoms with van der Waals surface area (Å²) in [4.78, 5) is 4.02. The van der Waals surface area contributed by atoms with E-state index in [0.29, 0.717) is 30.1 Å². The molecule has 1 fully saturated rings. The van der Waals surface area contributed by atoms with Gasteiger partial charge in [-0.05, 0) is 54.3 Å². The van der Waals surface area contributed by atoms with Gasteiger partial charge in [0.05, 0.1) is 6.10 Å². The van der Waals surface area contributed by atoms with Crippen molar-refractivity contribution in [3.05, 3.63) is 22.9 Å². The molecule has 1 saturated heterocycles. The van der Waals surface area contributed by atoms with Crippen LogP contribution in [-0.4, -0.2) is 45.7 Å². The molecule has 0 aliphatic carbocycles. The molecule has 1 aliphatic rings. The Morgan fingerprint density at radius 3 is 2.86 bits per heavy atom. The van der Waals surface area contributed by atoms with Gasteiger partial charge in [-0.25, -0.2) is 13.1 Å². The molecule has 1 aromatic heterocycles. The van der Waals surface area contributed by atoms with E-state index in [4.69, 9.17) is 4.74 Å². The molecule has 6 nitrogen and oxygen atoms in total. The molecule has 1 aromatic rings. The van der Waals surface area contributed by atoms with Gasteiger partial charge in [-0.15, -0.1) is 0 Å². The second-order valence-electron chi connectivity index (χ2n) is 4.91. The number of nitrogens with one attached hydrogen (secondary N) is 2. The van der Waals surface area contributed by atoms with Gasteiger partial charge in [0.2, 0.25) is 10.0 Å². The van der Waals surface area contributed by atoms with Crippen LogP contribution in [0.3, 0.4) is 0 Å². The van der Waals surface area contributed by atoms with Crippen LogP contribution in [0.1, 0.15) is 19.3 Å². The standard InChI is InChI=1S/C13H20BrN3O3S/c14-11-8-13(10-16-9-11)21(18,19)17-4-1-7-20-12-2-5-15-6-3-12/h8-10,12,15,17H,1-7H2. The molecule has 0 radical (unpaired) electrons. The highest BCUT2D eigenvalue weighted by molar-refractivity contribution is 9.10. The lowest BCUT2D eigenvalue weighted by Gasteiger charge is -2.22. The third-order valence-electron chi connectivity index (χ3n) is 3.24. The summed E-state index contributed by atoms with van der Waals surface area (Å²) in [7, 11) is -3.50. The third kappa shape index (κ3) is 5.63. The first-order valence-electron chi connectivity index (χ1n) is 7.00. The fourth-order valence-corrected chi connectivity index (χ4v) is 3.69. The van der Waals surface area contributed by atoms with E-state index in [-0.39, 0.29) is 4.90 Å². The van der Waals surface area contributed by atoms with Gasteiger partial charge in [-0.1, -0.05) is 0 Å². The first-order chi connectivity index (χ1) is 10.1. The van der Waals surface area contributed by atoms with Crippen molar-refractivity contribution in [2.24, 2.45) is 0 Å². The fraction of sp³-hybridized carbons (Fsp3) is 0.615. The monoisotopic (exact) mass is 377 g/mol. The number of nitrogens with zero attached hydrogens (tertiary/aromatic N) is 1. The molecular formula is C13H20BrN3O3S. The number of ether oxygens (including phenoxy) is 1. The van der Waals surface area contributed by atoms with Gasteiger partial charge in [0, 0.05) is 30.0 Å². The summed E-state index contributed by atoms with van der Waals surface area (Å²) in [5.74, 6) is 0. The number of aromatic nitrogens is 1. The van der Waals surface area contributed by atoms with E-state index in [1.807, 2.05) is 0 Å². The Hall–Kier alpha value is -0.540. The molecule has 8 heteroatoms. The molecular weight excluding hydrogens is 358 g/mol. The predicted octanol–water partition coefficient (Wildman–Crippen LogP) is 1.28. The number of hydrogen-bond acceptors (Lipinski definition) is 5. The quantitative estimate of drug-likeness (QED) is 0.699. The Kier molecular flexibility index (Phi) is 6.56. The van der Waals surface area contributed by atoms with Crippen molar-refractivity contribution < 1.29 is 13.2 Å². The highest BCUT2D eigenvalue weighted by atomic mass is 79.9. The van der Waals surface area contributed by atoms with Crippen LogP contribution in [0.5, 0.6) is 0 Å². The molecule has 0 spiro atoms. The van der Waals surface area contributed by atoms with Crippen LogP contribution in [0.25, 0.3) is 0 Å². The Morgan fingerprint density at radius 2 is 2.14 bits per heavy atom. The Morgan fingerprint density at radius 1 is 1.38 bits per heavy atom. The predicted molar refractivity (Wildman–Crippen MR) is 83.6 cm³/mol. The third-order valence-corrected chi connectivity index (χ3v) is 5.10. The molecule has 0 unspecified atom stereocenters. The molecule has 2 heterocycles. The lowest BCUT2D eigenvalue weighted by molar-refractivity contribution is 0.0322. The number of piperidine rings is 1.